The van der Waals surface area contributed by atoms with E-state index in [1.54, 1.807) is 6.07 Å². The summed E-state index contributed by atoms with van der Waals surface area (Å²) in [6.07, 6.45) is 4.19. The third-order valence-corrected chi connectivity index (χ3v) is 5.17. The maximum Gasteiger partial charge on any atom is 0.307 e. The third-order valence-electron chi connectivity index (χ3n) is 4.82. The molecule has 1 aliphatic carbocycles. The fraction of sp³-hybridized carbons (Fsp3) is 0.333. The molecule has 0 aliphatic heterocycles. The standard InChI is InChI=1S/C21H22ClNO3/c1-26-20(24)13-19(17-10-4-5-12-18(17)22)23-21(25)16-11-6-8-14-7-2-3-9-15(14)16/h4-6,8,10-12,19H,2-3,7,9,13H2,1H3,(H,23,25). The van der Waals surface area contributed by atoms with Crippen molar-refractivity contribution in [3.8, 4) is 0 Å². The van der Waals surface area contributed by atoms with Gasteiger partial charge in [-0.15, -0.1) is 0 Å². The summed E-state index contributed by atoms with van der Waals surface area (Å²) in [6, 6.07) is 12.5. The van der Waals surface area contributed by atoms with Crippen LogP contribution in [0.25, 0.3) is 0 Å². The van der Waals surface area contributed by atoms with Gasteiger partial charge in [0.1, 0.15) is 0 Å². The van der Waals surface area contributed by atoms with Crippen molar-refractivity contribution >= 4 is 23.5 Å². The lowest BCUT2D eigenvalue weighted by molar-refractivity contribution is -0.141. The van der Waals surface area contributed by atoms with Gasteiger partial charge in [-0.25, -0.2) is 0 Å². The first kappa shape index (κ1) is 18.5. The molecule has 0 fully saturated rings. The topological polar surface area (TPSA) is 55.4 Å². The minimum Gasteiger partial charge on any atom is -0.469 e. The van der Waals surface area contributed by atoms with Gasteiger partial charge in [0, 0.05) is 10.6 Å². The number of fused-ring (bicyclic) bond motifs is 1. The molecule has 1 amide bonds. The SMILES string of the molecule is COC(=O)CC(NC(=O)c1cccc2c1CCCC2)c1ccccc1Cl. The Kier molecular flexibility index (Phi) is 5.94. The molecule has 0 heterocycles. The first-order chi connectivity index (χ1) is 12.6. The monoisotopic (exact) mass is 371 g/mol. The van der Waals surface area contributed by atoms with E-state index in [1.165, 1.54) is 12.7 Å². The molecule has 0 saturated carbocycles. The number of benzene rings is 2. The Labute approximate surface area is 158 Å². The van der Waals surface area contributed by atoms with Crippen LogP contribution in [0.2, 0.25) is 5.02 Å². The molecule has 1 N–H and O–H groups in total. The highest BCUT2D eigenvalue weighted by atomic mass is 35.5. The second kappa shape index (κ2) is 8.37. The van der Waals surface area contributed by atoms with Crippen LogP contribution in [0, 0.1) is 0 Å². The molecular weight excluding hydrogens is 350 g/mol. The molecule has 5 heteroatoms. The Hall–Kier alpha value is -2.33. The quantitative estimate of drug-likeness (QED) is 0.799. The Morgan fingerprint density at radius 3 is 2.65 bits per heavy atom. The number of amides is 1. The van der Waals surface area contributed by atoms with E-state index >= 15 is 0 Å². The summed E-state index contributed by atoms with van der Waals surface area (Å²) in [7, 11) is 1.33. The van der Waals surface area contributed by atoms with Gasteiger partial charge in [-0.2, -0.15) is 0 Å². The Morgan fingerprint density at radius 2 is 1.88 bits per heavy atom. The highest BCUT2D eigenvalue weighted by Crippen LogP contribution is 2.28. The first-order valence-electron chi connectivity index (χ1n) is 8.83. The molecule has 0 saturated heterocycles. The normalized spacial score (nSPS) is 14.2. The molecule has 1 aliphatic rings. The van der Waals surface area contributed by atoms with Crippen molar-refractivity contribution < 1.29 is 14.3 Å². The average molecular weight is 372 g/mol. The van der Waals surface area contributed by atoms with E-state index in [9.17, 15) is 9.59 Å². The van der Waals surface area contributed by atoms with Crippen LogP contribution < -0.4 is 5.32 Å². The zero-order valence-electron chi connectivity index (χ0n) is 14.8. The molecule has 26 heavy (non-hydrogen) atoms. The lowest BCUT2D eigenvalue weighted by Gasteiger charge is -2.22. The van der Waals surface area contributed by atoms with Gasteiger partial charge >= 0.3 is 5.97 Å². The molecule has 1 unspecified atom stereocenters. The number of ether oxygens (including phenoxy) is 1. The van der Waals surface area contributed by atoms with Crippen LogP contribution in [0.3, 0.4) is 0 Å². The van der Waals surface area contributed by atoms with Crippen LogP contribution in [-0.4, -0.2) is 19.0 Å². The zero-order valence-corrected chi connectivity index (χ0v) is 15.5. The first-order valence-corrected chi connectivity index (χ1v) is 9.21. The van der Waals surface area contributed by atoms with E-state index in [-0.39, 0.29) is 12.3 Å². The van der Waals surface area contributed by atoms with Crippen LogP contribution in [0.15, 0.2) is 42.5 Å². The van der Waals surface area contributed by atoms with E-state index in [2.05, 4.69) is 11.4 Å². The molecule has 2 aromatic rings. The summed E-state index contributed by atoms with van der Waals surface area (Å²) in [5.74, 6) is -0.581. The maximum atomic E-state index is 13.0. The van der Waals surface area contributed by atoms with Gasteiger partial charge in [-0.05, 0) is 54.5 Å². The summed E-state index contributed by atoms with van der Waals surface area (Å²) < 4.78 is 4.79. The zero-order chi connectivity index (χ0) is 18.5. The van der Waals surface area contributed by atoms with Crippen LogP contribution >= 0.6 is 11.6 Å². The van der Waals surface area contributed by atoms with Crippen molar-refractivity contribution in [1.82, 2.24) is 5.32 Å². The van der Waals surface area contributed by atoms with E-state index in [0.29, 0.717) is 16.1 Å². The van der Waals surface area contributed by atoms with Crippen molar-refractivity contribution in [2.75, 3.05) is 7.11 Å². The number of aryl methyl sites for hydroxylation is 1. The van der Waals surface area contributed by atoms with Crippen molar-refractivity contribution in [3.05, 3.63) is 69.7 Å². The fourth-order valence-corrected chi connectivity index (χ4v) is 3.74. The van der Waals surface area contributed by atoms with E-state index in [4.69, 9.17) is 16.3 Å². The van der Waals surface area contributed by atoms with E-state index in [1.807, 2.05) is 30.3 Å². The van der Waals surface area contributed by atoms with Gasteiger partial charge in [0.2, 0.25) is 0 Å². The summed E-state index contributed by atoms with van der Waals surface area (Å²) in [4.78, 5) is 24.8. The third kappa shape index (κ3) is 4.07. The number of halogens is 1. The largest absolute Gasteiger partial charge is 0.469 e. The minimum absolute atomic E-state index is 0.0288. The highest BCUT2D eigenvalue weighted by molar-refractivity contribution is 6.31. The predicted molar refractivity (Wildman–Crippen MR) is 101 cm³/mol. The Bertz CT molecular complexity index is 819. The number of hydrogen-bond donors (Lipinski definition) is 1. The molecule has 0 radical (unpaired) electrons. The smallest absolute Gasteiger partial charge is 0.307 e. The van der Waals surface area contributed by atoms with Gasteiger partial charge in [0.15, 0.2) is 0 Å². The molecule has 2 aromatic carbocycles. The molecule has 1 atom stereocenters. The van der Waals surface area contributed by atoms with Crippen molar-refractivity contribution in [3.63, 3.8) is 0 Å². The molecular formula is C21H22ClNO3. The van der Waals surface area contributed by atoms with Gasteiger partial charge < -0.3 is 10.1 Å². The molecule has 0 aromatic heterocycles. The van der Waals surface area contributed by atoms with Gasteiger partial charge in [0.05, 0.1) is 19.6 Å². The van der Waals surface area contributed by atoms with Gasteiger partial charge in [-0.1, -0.05) is 41.9 Å². The van der Waals surface area contributed by atoms with Crippen LogP contribution in [-0.2, 0) is 22.4 Å². The molecule has 4 nitrogen and oxygen atoms in total. The van der Waals surface area contributed by atoms with Crippen LogP contribution in [0.1, 0.15) is 52.4 Å². The molecule has 0 spiro atoms. The lowest BCUT2D eigenvalue weighted by Crippen LogP contribution is -2.31. The van der Waals surface area contributed by atoms with Crippen molar-refractivity contribution in [1.29, 1.82) is 0 Å². The number of hydrogen-bond acceptors (Lipinski definition) is 3. The Morgan fingerprint density at radius 1 is 1.12 bits per heavy atom. The maximum absolute atomic E-state index is 13.0. The van der Waals surface area contributed by atoms with E-state index in [0.717, 1.165) is 31.2 Å². The molecule has 136 valence electrons. The number of methoxy groups -OCH3 is 1. The average Bonchev–Trinajstić information content (AvgIpc) is 2.67. The number of carbonyl (C=O) groups excluding carboxylic acids is 2. The predicted octanol–water partition coefficient (Wildman–Crippen LogP) is 4.25. The van der Waals surface area contributed by atoms with Gasteiger partial charge in [-0.3, -0.25) is 9.59 Å². The lowest BCUT2D eigenvalue weighted by atomic mass is 9.88. The fourth-order valence-electron chi connectivity index (χ4n) is 3.48. The number of rotatable bonds is 5. The molecule has 3 rings (SSSR count). The summed E-state index contributed by atoms with van der Waals surface area (Å²) in [5, 5.41) is 3.49. The summed E-state index contributed by atoms with van der Waals surface area (Å²) in [6.45, 7) is 0. The summed E-state index contributed by atoms with van der Waals surface area (Å²) >= 11 is 6.29. The van der Waals surface area contributed by atoms with E-state index < -0.39 is 12.0 Å². The Balaban J connectivity index is 1.88. The number of nitrogens with one attached hydrogen (secondary N) is 1. The number of carbonyl (C=O) groups is 2. The molecule has 0 bridgehead atoms. The summed E-state index contributed by atoms with van der Waals surface area (Å²) in [5.41, 5.74) is 3.75. The van der Waals surface area contributed by atoms with Gasteiger partial charge in [0.25, 0.3) is 5.91 Å². The second-order valence-electron chi connectivity index (χ2n) is 6.48. The van der Waals surface area contributed by atoms with Crippen molar-refractivity contribution in [2.24, 2.45) is 0 Å². The minimum atomic E-state index is -0.539. The van der Waals surface area contributed by atoms with Crippen molar-refractivity contribution in [2.45, 2.75) is 38.1 Å². The van der Waals surface area contributed by atoms with Crippen LogP contribution in [0.5, 0.6) is 0 Å². The second-order valence-corrected chi connectivity index (χ2v) is 6.89. The van der Waals surface area contributed by atoms with Crippen LogP contribution in [0.4, 0.5) is 0 Å². The highest BCUT2D eigenvalue weighted by Gasteiger charge is 2.24. The number of esters is 1.